The number of nitrogens with one attached hydrogen (secondary N) is 1. The summed E-state index contributed by atoms with van der Waals surface area (Å²) in [4.78, 5) is 0. The molecule has 0 amide bonds. The van der Waals surface area contributed by atoms with Crippen molar-refractivity contribution in [3.05, 3.63) is 35.4 Å². The summed E-state index contributed by atoms with van der Waals surface area (Å²) < 4.78 is 21.3. The fourth-order valence-corrected chi connectivity index (χ4v) is 1.93. The van der Waals surface area contributed by atoms with Crippen LogP contribution in [0.5, 0.6) is 0 Å². The summed E-state index contributed by atoms with van der Waals surface area (Å²) in [7, 11) is -3.36. The van der Waals surface area contributed by atoms with Crippen LogP contribution in [0.1, 0.15) is 17.5 Å². The van der Waals surface area contributed by atoms with Crippen molar-refractivity contribution < 1.29 is 8.42 Å². The van der Waals surface area contributed by atoms with Crippen LogP contribution in [0.2, 0.25) is 0 Å². The van der Waals surface area contributed by atoms with Gasteiger partial charge in [0.1, 0.15) is 0 Å². The Morgan fingerprint density at radius 1 is 1.41 bits per heavy atom. The lowest BCUT2D eigenvalue weighted by molar-refractivity contribution is 0.590. The molecule has 92 valence electrons. The SMILES string of the molecule is N#Cc1cccc(CNCCCS(N)(=O)=O)c1. The number of nitrogens with zero attached hydrogens (tertiary/aromatic N) is 1. The highest BCUT2D eigenvalue weighted by molar-refractivity contribution is 7.89. The first-order valence-electron chi connectivity index (χ1n) is 5.21. The average Bonchev–Trinajstić information content (AvgIpc) is 2.27. The molecule has 1 aromatic carbocycles. The van der Waals surface area contributed by atoms with Gasteiger partial charge < -0.3 is 5.32 Å². The molecule has 0 saturated heterocycles. The molecule has 3 N–H and O–H groups in total. The standard InChI is InChI=1S/C11H15N3O2S/c12-8-10-3-1-4-11(7-10)9-14-5-2-6-17(13,15)16/h1,3-4,7,14H,2,5-6,9H2,(H2,13,15,16). The van der Waals surface area contributed by atoms with Gasteiger partial charge in [0, 0.05) is 6.54 Å². The first-order valence-corrected chi connectivity index (χ1v) is 6.93. The lowest BCUT2D eigenvalue weighted by Crippen LogP contribution is -2.22. The first-order chi connectivity index (χ1) is 8.01. The summed E-state index contributed by atoms with van der Waals surface area (Å²) in [6.07, 6.45) is 0.483. The van der Waals surface area contributed by atoms with Gasteiger partial charge in [-0.3, -0.25) is 0 Å². The van der Waals surface area contributed by atoms with Crippen molar-refractivity contribution in [3.63, 3.8) is 0 Å². The van der Waals surface area contributed by atoms with Crippen LogP contribution in [-0.4, -0.2) is 20.7 Å². The highest BCUT2D eigenvalue weighted by atomic mass is 32.2. The Kier molecular flexibility index (Phi) is 5.10. The minimum Gasteiger partial charge on any atom is -0.313 e. The Bertz CT molecular complexity index is 506. The Balaban J connectivity index is 2.29. The van der Waals surface area contributed by atoms with Crippen molar-refractivity contribution in [1.82, 2.24) is 5.32 Å². The van der Waals surface area contributed by atoms with E-state index in [1.54, 1.807) is 12.1 Å². The monoisotopic (exact) mass is 253 g/mol. The van der Waals surface area contributed by atoms with Crippen LogP contribution < -0.4 is 10.5 Å². The van der Waals surface area contributed by atoms with Gasteiger partial charge in [0.05, 0.1) is 17.4 Å². The second-order valence-corrected chi connectivity index (χ2v) is 5.44. The molecule has 0 saturated carbocycles. The molecule has 0 aromatic heterocycles. The number of primary sulfonamides is 1. The van der Waals surface area contributed by atoms with E-state index in [4.69, 9.17) is 10.4 Å². The number of nitrogens with two attached hydrogens (primary N) is 1. The van der Waals surface area contributed by atoms with E-state index < -0.39 is 10.0 Å². The summed E-state index contributed by atoms with van der Waals surface area (Å²) in [6, 6.07) is 9.33. The fourth-order valence-electron chi connectivity index (χ4n) is 1.38. The Hall–Kier alpha value is -1.42. The van der Waals surface area contributed by atoms with Crippen LogP contribution in [0, 0.1) is 11.3 Å². The molecule has 17 heavy (non-hydrogen) atoms. The van der Waals surface area contributed by atoms with Gasteiger partial charge in [-0.2, -0.15) is 5.26 Å². The number of hydrogen-bond acceptors (Lipinski definition) is 4. The van der Waals surface area contributed by atoms with Crippen LogP contribution >= 0.6 is 0 Å². The molecule has 0 bridgehead atoms. The molecule has 0 atom stereocenters. The largest absolute Gasteiger partial charge is 0.313 e. The Morgan fingerprint density at radius 2 is 2.18 bits per heavy atom. The molecule has 0 aliphatic rings. The molecule has 0 spiro atoms. The smallest absolute Gasteiger partial charge is 0.209 e. The minimum absolute atomic E-state index is 0.0156. The maximum absolute atomic E-state index is 10.7. The zero-order valence-electron chi connectivity index (χ0n) is 9.39. The Morgan fingerprint density at radius 3 is 2.82 bits per heavy atom. The minimum atomic E-state index is -3.36. The second kappa shape index (κ2) is 6.35. The van der Waals surface area contributed by atoms with E-state index in [0.29, 0.717) is 25.1 Å². The molecular formula is C11H15N3O2S. The van der Waals surface area contributed by atoms with Crippen molar-refractivity contribution in [2.24, 2.45) is 5.14 Å². The normalized spacial score (nSPS) is 11.1. The molecule has 6 heteroatoms. The van der Waals surface area contributed by atoms with Crippen molar-refractivity contribution in [2.75, 3.05) is 12.3 Å². The van der Waals surface area contributed by atoms with Crippen molar-refractivity contribution >= 4 is 10.0 Å². The summed E-state index contributed by atoms with van der Waals surface area (Å²) in [5.41, 5.74) is 1.62. The second-order valence-electron chi connectivity index (χ2n) is 3.71. The molecule has 1 aromatic rings. The van der Waals surface area contributed by atoms with Crippen molar-refractivity contribution in [3.8, 4) is 6.07 Å². The quantitative estimate of drug-likeness (QED) is 0.714. The third-order valence-corrected chi connectivity index (χ3v) is 3.03. The lowest BCUT2D eigenvalue weighted by atomic mass is 10.1. The van der Waals surface area contributed by atoms with Crippen LogP contribution in [0.15, 0.2) is 24.3 Å². The molecule has 0 aliphatic heterocycles. The predicted molar refractivity (Wildman–Crippen MR) is 65.5 cm³/mol. The van der Waals surface area contributed by atoms with E-state index in [0.717, 1.165) is 5.56 Å². The maximum Gasteiger partial charge on any atom is 0.209 e. The zero-order valence-corrected chi connectivity index (χ0v) is 10.2. The van der Waals surface area contributed by atoms with Crippen LogP contribution in [0.4, 0.5) is 0 Å². The van der Waals surface area contributed by atoms with Crippen LogP contribution in [0.3, 0.4) is 0 Å². The molecule has 0 unspecified atom stereocenters. The highest BCUT2D eigenvalue weighted by Gasteiger charge is 2.01. The number of hydrogen-bond donors (Lipinski definition) is 2. The summed E-state index contributed by atoms with van der Waals surface area (Å²) in [6.45, 7) is 1.19. The summed E-state index contributed by atoms with van der Waals surface area (Å²) in [5.74, 6) is -0.0156. The first kappa shape index (κ1) is 13.6. The van der Waals surface area contributed by atoms with Crippen molar-refractivity contribution in [2.45, 2.75) is 13.0 Å². The molecule has 1 rings (SSSR count). The molecule has 5 nitrogen and oxygen atoms in total. The molecule has 0 aliphatic carbocycles. The molecule has 0 fully saturated rings. The third-order valence-electron chi connectivity index (χ3n) is 2.17. The van der Waals surface area contributed by atoms with Gasteiger partial charge in [0.25, 0.3) is 0 Å². The van der Waals surface area contributed by atoms with Gasteiger partial charge in [-0.15, -0.1) is 0 Å². The average molecular weight is 253 g/mol. The van der Waals surface area contributed by atoms with E-state index in [2.05, 4.69) is 11.4 Å². The van der Waals surface area contributed by atoms with Gasteiger partial charge in [-0.25, -0.2) is 13.6 Å². The number of sulfonamides is 1. The topological polar surface area (TPSA) is 96.0 Å². The van der Waals surface area contributed by atoms with E-state index in [1.807, 2.05) is 12.1 Å². The number of rotatable bonds is 6. The van der Waals surface area contributed by atoms with Gasteiger partial charge in [-0.1, -0.05) is 12.1 Å². The predicted octanol–water partition coefficient (Wildman–Crippen LogP) is 0.326. The number of nitriles is 1. The summed E-state index contributed by atoms with van der Waals surface area (Å²) >= 11 is 0. The van der Waals surface area contributed by atoms with Gasteiger partial charge in [-0.05, 0) is 30.7 Å². The molecule has 0 heterocycles. The van der Waals surface area contributed by atoms with Gasteiger partial charge in [0.2, 0.25) is 10.0 Å². The van der Waals surface area contributed by atoms with E-state index in [-0.39, 0.29) is 5.75 Å². The molecule has 0 radical (unpaired) electrons. The maximum atomic E-state index is 10.7. The highest BCUT2D eigenvalue weighted by Crippen LogP contribution is 2.03. The third kappa shape index (κ3) is 6.02. The fraction of sp³-hybridized carbons (Fsp3) is 0.364. The zero-order chi connectivity index (χ0) is 12.7. The van der Waals surface area contributed by atoms with Gasteiger partial charge in [0.15, 0.2) is 0 Å². The van der Waals surface area contributed by atoms with Gasteiger partial charge >= 0.3 is 0 Å². The van der Waals surface area contributed by atoms with E-state index in [1.165, 1.54) is 0 Å². The number of benzene rings is 1. The van der Waals surface area contributed by atoms with Crippen LogP contribution in [0.25, 0.3) is 0 Å². The Labute approximate surface area is 101 Å². The lowest BCUT2D eigenvalue weighted by Gasteiger charge is -2.04. The van der Waals surface area contributed by atoms with Crippen molar-refractivity contribution in [1.29, 1.82) is 5.26 Å². The van der Waals surface area contributed by atoms with E-state index in [9.17, 15) is 8.42 Å². The molecular weight excluding hydrogens is 238 g/mol. The van der Waals surface area contributed by atoms with Crippen LogP contribution in [-0.2, 0) is 16.6 Å². The summed E-state index contributed by atoms with van der Waals surface area (Å²) in [5, 5.41) is 16.7. The van der Waals surface area contributed by atoms with E-state index >= 15 is 0 Å².